The molecule has 0 N–H and O–H groups in total. The summed E-state index contributed by atoms with van der Waals surface area (Å²) in [6.07, 6.45) is 3.73. The van der Waals surface area contributed by atoms with Crippen LogP contribution >= 0.6 is 0 Å². The van der Waals surface area contributed by atoms with Gasteiger partial charge < -0.3 is 9.16 Å². The van der Waals surface area contributed by atoms with E-state index in [2.05, 4.69) is 52.0 Å². The Morgan fingerprint density at radius 3 is 2.10 bits per heavy atom. The summed E-state index contributed by atoms with van der Waals surface area (Å²) in [6.45, 7) is 9.93. The van der Waals surface area contributed by atoms with Gasteiger partial charge in [-0.05, 0) is 29.9 Å². The van der Waals surface area contributed by atoms with Crippen molar-refractivity contribution in [1.82, 2.24) is 0 Å². The van der Waals surface area contributed by atoms with Gasteiger partial charge in [-0.1, -0.05) is 64.4 Å². The maximum atomic E-state index is 5.84. The summed E-state index contributed by atoms with van der Waals surface area (Å²) in [6, 6.07) is 11.9. The van der Waals surface area contributed by atoms with E-state index >= 15 is 0 Å². The standard InChI is InChI=1S/C14H22O.C4H10OSi/c1-6-14(15-5,13(2,3)4)12-10-8-7-9-11-12;1-2-4-6-5-3-1/h7-11H,6H2,1-5H3;1-4,6H2. The minimum atomic E-state index is -0.186. The Balaban J connectivity index is 0.000000304. The third kappa shape index (κ3) is 4.94. The molecule has 1 fully saturated rings. The van der Waals surface area contributed by atoms with Gasteiger partial charge in [0.1, 0.15) is 0 Å². The molecule has 0 saturated carbocycles. The van der Waals surface area contributed by atoms with Crippen molar-refractivity contribution < 1.29 is 9.16 Å². The summed E-state index contributed by atoms with van der Waals surface area (Å²) < 4.78 is 11.0. The molecule has 2 nitrogen and oxygen atoms in total. The molecule has 1 atom stereocenters. The van der Waals surface area contributed by atoms with Gasteiger partial charge in [0.25, 0.3) is 0 Å². The fourth-order valence-electron chi connectivity index (χ4n) is 3.13. The molecule has 21 heavy (non-hydrogen) atoms. The summed E-state index contributed by atoms with van der Waals surface area (Å²) in [7, 11) is 1.82. The predicted octanol–water partition coefficient (Wildman–Crippen LogP) is 4.28. The number of benzene rings is 1. The van der Waals surface area contributed by atoms with Gasteiger partial charge in [-0.25, -0.2) is 0 Å². The molecule has 1 heterocycles. The molecule has 1 aliphatic heterocycles. The second-order valence-electron chi connectivity index (χ2n) is 6.67. The van der Waals surface area contributed by atoms with Crippen molar-refractivity contribution in [2.75, 3.05) is 13.7 Å². The normalized spacial score (nSPS) is 19.5. The Bertz CT molecular complexity index is 364. The highest BCUT2D eigenvalue weighted by Gasteiger charge is 2.41. The van der Waals surface area contributed by atoms with Crippen LogP contribution in [-0.2, 0) is 14.8 Å². The van der Waals surface area contributed by atoms with Crippen molar-refractivity contribution in [3.05, 3.63) is 35.9 Å². The first-order chi connectivity index (χ1) is 9.98. The average Bonchev–Trinajstić information content (AvgIpc) is 2.51. The highest BCUT2D eigenvalue weighted by Crippen LogP contribution is 2.44. The molecule has 0 amide bonds. The van der Waals surface area contributed by atoms with Crippen LogP contribution in [0.15, 0.2) is 30.3 Å². The Morgan fingerprint density at radius 2 is 1.81 bits per heavy atom. The van der Waals surface area contributed by atoms with Gasteiger partial charge >= 0.3 is 0 Å². The lowest BCUT2D eigenvalue weighted by atomic mass is 9.70. The fraction of sp³-hybridized carbons (Fsp3) is 0.667. The zero-order valence-electron chi connectivity index (χ0n) is 14.4. The van der Waals surface area contributed by atoms with Crippen LogP contribution < -0.4 is 0 Å². The van der Waals surface area contributed by atoms with Gasteiger partial charge in [-0.2, -0.15) is 0 Å². The minimum Gasteiger partial charge on any atom is -0.424 e. The van der Waals surface area contributed by atoms with Crippen LogP contribution in [0.2, 0.25) is 6.04 Å². The second-order valence-corrected chi connectivity index (χ2v) is 8.20. The van der Waals surface area contributed by atoms with E-state index in [9.17, 15) is 0 Å². The molecule has 0 bridgehead atoms. The molecule has 2 rings (SSSR count). The maximum Gasteiger partial charge on any atom is 0.161 e. The highest BCUT2D eigenvalue weighted by atomic mass is 28.2. The van der Waals surface area contributed by atoms with E-state index < -0.39 is 0 Å². The van der Waals surface area contributed by atoms with Crippen LogP contribution in [0.1, 0.15) is 52.5 Å². The SMILES string of the molecule is C1CC[SiH2]OC1.CCC(OC)(c1ccccc1)C(C)(C)C. The third-order valence-corrected chi connectivity index (χ3v) is 5.74. The van der Waals surface area contributed by atoms with Crippen molar-refractivity contribution in [3.63, 3.8) is 0 Å². The number of hydrogen-bond donors (Lipinski definition) is 0. The van der Waals surface area contributed by atoms with Crippen LogP contribution in [0.4, 0.5) is 0 Å². The van der Waals surface area contributed by atoms with Crippen molar-refractivity contribution in [2.45, 2.75) is 58.6 Å². The smallest absolute Gasteiger partial charge is 0.161 e. The molecule has 120 valence electrons. The summed E-state index contributed by atoms with van der Waals surface area (Å²) in [4.78, 5) is 0. The van der Waals surface area contributed by atoms with Gasteiger partial charge in [0, 0.05) is 13.7 Å². The lowest BCUT2D eigenvalue weighted by molar-refractivity contribution is -0.102. The molecule has 1 aliphatic rings. The Hall–Kier alpha value is -0.643. The Morgan fingerprint density at radius 1 is 1.14 bits per heavy atom. The van der Waals surface area contributed by atoms with Gasteiger partial charge in [0.15, 0.2) is 9.76 Å². The van der Waals surface area contributed by atoms with Crippen LogP contribution in [0.3, 0.4) is 0 Å². The molecule has 0 aliphatic carbocycles. The van der Waals surface area contributed by atoms with Crippen LogP contribution in [0.5, 0.6) is 0 Å². The molecule has 1 unspecified atom stereocenters. The molecular weight excluding hydrogens is 276 g/mol. The van der Waals surface area contributed by atoms with Crippen molar-refractivity contribution in [2.24, 2.45) is 5.41 Å². The minimum absolute atomic E-state index is 0.00849. The number of hydrogen-bond acceptors (Lipinski definition) is 2. The molecule has 1 aromatic rings. The predicted molar refractivity (Wildman–Crippen MR) is 93.4 cm³/mol. The summed E-state index contributed by atoms with van der Waals surface area (Å²) >= 11 is 0. The van der Waals surface area contributed by atoms with Crippen LogP contribution in [-0.4, -0.2) is 23.5 Å². The van der Waals surface area contributed by atoms with Gasteiger partial charge in [0.2, 0.25) is 0 Å². The summed E-state index contributed by atoms with van der Waals surface area (Å²) in [5.74, 6) is 0. The molecular formula is C18H32O2Si. The molecule has 1 aromatic carbocycles. The van der Waals surface area contributed by atoms with E-state index in [0.717, 1.165) is 13.0 Å². The van der Waals surface area contributed by atoms with E-state index in [1.807, 2.05) is 13.2 Å². The first-order valence-corrected chi connectivity index (χ1v) is 9.74. The first-order valence-electron chi connectivity index (χ1n) is 8.16. The van der Waals surface area contributed by atoms with E-state index in [-0.39, 0.29) is 20.8 Å². The van der Waals surface area contributed by atoms with E-state index in [1.165, 1.54) is 24.4 Å². The Kier molecular flexibility index (Phi) is 7.64. The van der Waals surface area contributed by atoms with Crippen molar-refractivity contribution >= 4 is 9.76 Å². The average molecular weight is 309 g/mol. The maximum absolute atomic E-state index is 5.84. The molecule has 0 radical (unpaired) electrons. The monoisotopic (exact) mass is 308 g/mol. The highest BCUT2D eigenvalue weighted by molar-refractivity contribution is 6.27. The second kappa shape index (κ2) is 8.72. The quantitative estimate of drug-likeness (QED) is 0.776. The fourth-order valence-corrected chi connectivity index (χ4v) is 4.30. The van der Waals surface area contributed by atoms with Crippen molar-refractivity contribution in [1.29, 1.82) is 0 Å². The van der Waals surface area contributed by atoms with Gasteiger partial charge in [0.05, 0.1) is 5.60 Å². The van der Waals surface area contributed by atoms with E-state index in [4.69, 9.17) is 9.16 Å². The summed E-state index contributed by atoms with van der Waals surface area (Å²) in [5.41, 5.74) is 1.18. The third-order valence-electron chi connectivity index (χ3n) is 4.38. The number of methoxy groups -OCH3 is 1. The molecule has 0 spiro atoms. The van der Waals surface area contributed by atoms with Crippen LogP contribution in [0.25, 0.3) is 0 Å². The number of ether oxygens (including phenoxy) is 1. The van der Waals surface area contributed by atoms with E-state index in [0.29, 0.717) is 0 Å². The topological polar surface area (TPSA) is 18.5 Å². The summed E-state index contributed by atoms with van der Waals surface area (Å²) in [5, 5.41) is 0. The zero-order chi connectivity index (χ0) is 15.8. The zero-order valence-corrected chi connectivity index (χ0v) is 15.9. The van der Waals surface area contributed by atoms with E-state index in [1.54, 1.807) is 0 Å². The number of rotatable bonds is 3. The van der Waals surface area contributed by atoms with Gasteiger partial charge in [-0.15, -0.1) is 0 Å². The largest absolute Gasteiger partial charge is 0.424 e. The molecule has 1 saturated heterocycles. The van der Waals surface area contributed by atoms with Gasteiger partial charge in [-0.3, -0.25) is 0 Å². The molecule has 0 aromatic heterocycles. The van der Waals surface area contributed by atoms with Crippen LogP contribution in [0, 0.1) is 5.41 Å². The Labute approximate surface area is 133 Å². The lowest BCUT2D eigenvalue weighted by Gasteiger charge is -2.43. The first kappa shape index (κ1) is 18.4. The van der Waals surface area contributed by atoms with Crippen molar-refractivity contribution in [3.8, 4) is 0 Å². The lowest BCUT2D eigenvalue weighted by Crippen LogP contribution is -2.41. The molecule has 3 heteroatoms.